The number of nitriles is 2. The maximum absolute atomic E-state index is 14.3. The highest BCUT2D eigenvalue weighted by Crippen LogP contribution is 2.37. The molecule has 2 amide bonds. The van der Waals surface area contributed by atoms with Crippen LogP contribution in [0.3, 0.4) is 0 Å². The first-order chi connectivity index (χ1) is 44.8. The van der Waals surface area contributed by atoms with E-state index in [1.165, 1.54) is 71.1 Å². The highest BCUT2D eigenvalue weighted by atomic mass is 35.5. The summed E-state index contributed by atoms with van der Waals surface area (Å²) in [4.78, 5) is 63.6. The second-order valence-electron chi connectivity index (χ2n) is 24.8. The zero-order valence-corrected chi connectivity index (χ0v) is 54.1. The monoisotopic (exact) mass is 1310 g/mol. The van der Waals surface area contributed by atoms with Crippen molar-refractivity contribution in [3.8, 4) is 46.2 Å². The van der Waals surface area contributed by atoms with Gasteiger partial charge in [0.15, 0.2) is 0 Å². The normalized spacial score (nSPS) is 14.1. The largest absolute Gasteiger partial charge is 0.498 e. The van der Waals surface area contributed by atoms with Gasteiger partial charge in [0.05, 0.1) is 152 Å². The molecule has 7 N–H and O–H groups in total. The topological polar surface area (TPSA) is 373 Å². The maximum atomic E-state index is 14.3. The number of aromatic nitrogens is 14. The number of aromatic amines is 1. The number of nitrogens with one attached hydrogen (secondary N) is 5. The standard InChI is InChI=1S/C26H23FN10O2.C23H20ClFN8O2.C14H23BN2O4/c1-26(2,39)23(27)13-32-25(38)18-11-29-20(22-4-3-17-5-15(7-28)8-35-37(17)22)6-19(18)36-24-14-30-21(12-31-24)16-9-33-34-10-16;1-23(2,35)19(25)10-30-22(34)15-9-27-17(6-16(15)32-21-12-28-20(24)11-29-21)18-4-3-14-5-13(7-26)8-31-33(14)18;1-12(2,3)19-11(18)17-9-10(8-16-17)15-20-13(4,5)14(6,7)21-15/h3-6,8-12,14,23,39H,13H2,1-2H3,(H,32,38)(H,33,34)(H,29,31,36);3-6,8-9,11-12,19,35H,10H2,1-2H3,(H,30,34)(H,27,29,32);8-9H,1-7H3/t23-;19-;/m11./s1. The Hall–Kier alpha value is -10.7. The van der Waals surface area contributed by atoms with Crippen LogP contribution >= 0.6 is 11.6 Å². The maximum Gasteiger partial charge on any atom is 0.498 e. The van der Waals surface area contributed by atoms with Gasteiger partial charge in [-0.15, -0.1) is 0 Å². The van der Waals surface area contributed by atoms with E-state index >= 15 is 0 Å². The van der Waals surface area contributed by atoms with Crippen LogP contribution in [0.25, 0.3) is 45.1 Å². The van der Waals surface area contributed by atoms with E-state index in [9.17, 15) is 33.4 Å². The molecule has 1 aliphatic heterocycles. The number of nitrogens with zero attached hydrogens (tertiary/aromatic N) is 15. The summed E-state index contributed by atoms with van der Waals surface area (Å²) in [5, 5.41) is 68.5. The van der Waals surface area contributed by atoms with Gasteiger partial charge >= 0.3 is 13.2 Å². The summed E-state index contributed by atoms with van der Waals surface area (Å²) in [6, 6.07) is 17.9. The van der Waals surface area contributed by atoms with Crippen LogP contribution in [-0.2, 0) is 14.0 Å². The minimum atomic E-state index is -1.68. The summed E-state index contributed by atoms with van der Waals surface area (Å²) in [6.45, 7) is 17.9. The van der Waals surface area contributed by atoms with Crippen molar-refractivity contribution >= 4 is 76.1 Å². The van der Waals surface area contributed by atoms with Gasteiger partial charge in [-0.25, -0.2) is 37.6 Å². The number of hydrogen-bond acceptors (Lipinski definition) is 22. The van der Waals surface area contributed by atoms with Gasteiger partial charge < -0.3 is 45.5 Å². The first-order valence-electron chi connectivity index (χ1n) is 29.3. The first-order valence-corrected chi connectivity index (χ1v) is 29.7. The molecule has 11 heterocycles. The van der Waals surface area contributed by atoms with E-state index in [0.717, 1.165) is 10.2 Å². The van der Waals surface area contributed by atoms with Crippen molar-refractivity contribution in [3.63, 3.8) is 0 Å². The predicted octanol–water partition coefficient (Wildman–Crippen LogP) is 8.29. The SMILES string of the molecule is CC(C)(C)OC(=O)n1cc(B2OC(C)(C)C(C)(C)O2)cn1.CC(C)(O)[C@H](F)CNC(=O)c1cnc(-c2ccc3cc(C#N)cnn23)cc1Nc1cnc(-c2cn[nH]c2)cn1.CC(C)(O)[C@H](F)CNC(=O)c1cnc(-c2ccc3cc(C#N)cnn23)cc1Nc1cnc(Cl)cn1. The molecule has 1 fully saturated rings. The van der Waals surface area contributed by atoms with Crippen LogP contribution in [-0.4, -0.2) is 158 Å². The van der Waals surface area contributed by atoms with Crippen LogP contribution in [0.5, 0.6) is 0 Å². The van der Waals surface area contributed by atoms with E-state index in [1.807, 2.05) is 54.5 Å². The number of H-pyrrole nitrogens is 1. The van der Waals surface area contributed by atoms with Crippen LogP contribution < -0.4 is 26.7 Å². The Morgan fingerprint density at radius 1 is 0.653 bits per heavy atom. The Balaban J connectivity index is 0.000000175. The average Bonchev–Trinajstić information content (AvgIpc) is 1.68. The van der Waals surface area contributed by atoms with Gasteiger partial charge in [-0.3, -0.25) is 29.6 Å². The number of carbonyl (C=O) groups is 3. The van der Waals surface area contributed by atoms with E-state index in [0.29, 0.717) is 79.1 Å². The highest BCUT2D eigenvalue weighted by molar-refractivity contribution is 6.62. The van der Waals surface area contributed by atoms with Crippen LogP contribution in [0.2, 0.25) is 5.15 Å². The van der Waals surface area contributed by atoms with E-state index < -0.39 is 78.5 Å². The fourth-order valence-corrected chi connectivity index (χ4v) is 8.85. The summed E-state index contributed by atoms with van der Waals surface area (Å²) >= 11 is 5.81. The number of rotatable bonds is 16. The molecule has 95 heavy (non-hydrogen) atoms. The second kappa shape index (κ2) is 27.9. The lowest BCUT2D eigenvalue weighted by molar-refractivity contribution is -0.00209. The summed E-state index contributed by atoms with van der Waals surface area (Å²) in [5.41, 5.74) is 2.77. The van der Waals surface area contributed by atoms with Crippen LogP contribution in [0, 0.1) is 22.7 Å². The number of ether oxygens (including phenoxy) is 1. The molecule has 28 nitrogen and oxygen atoms in total. The smallest absolute Gasteiger partial charge is 0.442 e. The number of pyridine rings is 2. The Labute approximate surface area is 548 Å². The Morgan fingerprint density at radius 3 is 1.56 bits per heavy atom. The molecule has 0 radical (unpaired) electrons. The number of fused-ring (bicyclic) bond motifs is 2. The average molecular weight is 1320 g/mol. The van der Waals surface area contributed by atoms with Gasteiger partial charge in [-0.1, -0.05) is 11.6 Å². The molecule has 1 aliphatic rings. The van der Waals surface area contributed by atoms with E-state index in [1.54, 1.807) is 88.5 Å². The molecule has 0 aliphatic carbocycles. The molecular formula is C63H66BClF2N20O8. The van der Waals surface area contributed by atoms with Crippen molar-refractivity contribution in [2.75, 3.05) is 23.7 Å². The van der Waals surface area contributed by atoms with Gasteiger partial charge in [0, 0.05) is 42.0 Å². The lowest BCUT2D eigenvalue weighted by atomic mass is 9.82. The Bertz CT molecular complexity index is 4480. The van der Waals surface area contributed by atoms with Crippen LogP contribution in [0.15, 0.2) is 123 Å². The molecule has 11 rings (SSSR count). The fraction of sp³-hybridized carbons (Fsp3) is 0.317. The quantitative estimate of drug-likeness (QED) is 0.0447. The van der Waals surface area contributed by atoms with Gasteiger partial charge in [0.25, 0.3) is 11.8 Å². The fourth-order valence-electron chi connectivity index (χ4n) is 8.75. The third-order valence-electron chi connectivity index (χ3n) is 14.8. The predicted molar refractivity (Wildman–Crippen MR) is 346 cm³/mol. The zero-order chi connectivity index (χ0) is 68.8. The molecular weight excluding hydrogens is 1250 g/mol. The zero-order valence-electron chi connectivity index (χ0n) is 53.4. The van der Waals surface area contributed by atoms with Gasteiger partial charge in [0.2, 0.25) is 0 Å². The third-order valence-corrected chi connectivity index (χ3v) is 15.0. The van der Waals surface area contributed by atoms with Crippen molar-refractivity contribution < 1.29 is 47.4 Å². The third kappa shape index (κ3) is 16.8. The lowest BCUT2D eigenvalue weighted by Crippen LogP contribution is -2.42. The van der Waals surface area contributed by atoms with Crippen molar-refractivity contribution in [3.05, 3.63) is 150 Å². The molecule has 0 spiro atoms. The number of alkyl halides is 2. The van der Waals surface area contributed by atoms with Crippen LogP contribution in [0.4, 0.5) is 36.6 Å². The summed E-state index contributed by atoms with van der Waals surface area (Å²) in [5.74, 6) is -0.525. The van der Waals surface area contributed by atoms with E-state index in [-0.39, 0.29) is 16.3 Å². The number of hydrogen-bond donors (Lipinski definition) is 7. The number of carbonyl (C=O) groups excluding carboxylic acids is 3. The second-order valence-corrected chi connectivity index (χ2v) is 25.1. The number of halogens is 3. The first kappa shape index (κ1) is 68.7. The lowest BCUT2D eigenvalue weighted by Gasteiger charge is -2.32. The highest BCUT2D eigenvalue weighted by Gasteiger charge is 2.52. The minimum absolute atomic E-state index is 0.119. The molecule has 0 bridgehead atoms. The molecule has 10 aromatic heterocycles. The molecule has 10 aromatic rings. The molecule has 0 aromatic carbocycles. The molecule has 32 heteroatoms. The number of amides is 2. The van der Waals surface area contributed by atoms with Gasteiger partial charge in [0.1, 0.15) is 46.9 Å². The van der Waals surface area contributed by atoms with Crippen molar-refractivity contribution in [2.45, 2.75) is 117 Å². The van der Waals surface area contributed by atoms with Gasteiger partial charge in [-0.2, -0.15) is 35.6 Å². The van der Waals surface area contributed by atoms with Gasteiger partial charge in [-0.05, 0) is 125 Å². The number of anilines is 4. The van der Waals surface area contributed by atoms with E-state index in [2.05, 4.69) is 82.7 Å². The molecule has 0 unspecified atom stereocenters. The van der Waals surface area contributed by atoms with Crippen molar-refractivity contribution in [1.29, 1.82) is 10.5 Å². The molecule has 1 saturated heterocycles. The minimum Gasteiger partial charge on any atom is -0.442 e. The Kier molecular flexibility index (Phi) is 20.1. The molecule has 0 saturated carbocycles. The molecule has 2 atom stereocenters. The van der Waals surface area contributed by atoms with Crippen molar-refractivity contribution in [2.24, 2.45) is 0 Å². The van der Waals surface area contributed by atoms with Crippen LogP contribution in [0.1, 0.15) is 108 Å². The summed E-state index contributed by atoms with van der Waals surface area (Å²) < 4.78 is 50.0. The summed E-state index contributed by atoms with van der Waals surface area (Å²) in [6.07, 6.45) is 14.0. The van der Waals surface area contributed by atoms with Crippen molar-refractivity contribution in [1.82, 2.24) is 79.7 Å². The number of aliphatic hydroxyl groups is 2. The van der Waals surface area contributed by atoms with E-state index in [4.69, 9.17) is 36.2 Å². The Morgan fingerprint density at radius 2 is 1.14 bits per heavy atom. The summed E-state index contributed by atoms with van der Waals surface area (Å²) in [7, 11) is -0.536. The molecule has 490 valence electrons.